The number of anilines is 2. The number of carbonyl (C=O) groups is 2. The van der Waals surface area contributed by atoms with Crippen LogP contribution < -0.4 is 15.4 Å². The van der Waals surface area contributed by atoms with Gasteiger partial charge in [0.25, 0.3) is 0 Å². The number of halogens is 1. The first kappa shape index (κ1) is 19.2. The van der Waals surface area contributed by atoms with E-state index in [4.69, 9.17) is 16.3 Å². The lowest BCUT2D eigenvalue weighted by molar-refractivity contribution is -0.123. The molecule has 0 saturated heterocycles. The molecule has 0 spiro atoms. The van der Waals surface area contributed by atoms with E-state index in [2.05, 4.69) is 15.6 Å². The maximum absolute atomic E-state index is 12.2. The average Bonchev–Trinajstić information content (AvgIpc) is 2.93. The Morgan fingerprint density at radius 3 is 2.64 bits per heavy atom. The van der Waals surface area contributed by atoms with E-state index in [1.807, 2.05) is 20.8 Å². The van der Waals surface area contributed by atoms with E-state index in [-0.39, 0.29) is 18.2 Å². The summed E-state index contributed by atoms with van der Waals surface area (Å²) in [5.41, 5.74) is 0.566. The molecule has 1 heterocycles. The first-order chi connectivity index (χ1) is 11.7. The van der Waals surface area contributed by atoms with Gasteiger partial charge in [-0.05, 0) is 18.2 Å². The first-order valence-corrected chi connectivity index (χ1v) is 8.84. The molecule has 2 aromatic rings. The molecule has 0 atom stereocenters. The summed E-state index contributed by atoms with van der Waals surface area (Å²) in [6, 6.07) is 4.98. The molecule has 0 radical (unpaired) electrons. The van der Waals surface area contributed by atoms with E-state index in [9.17, 15) is 9.59 Å². The minimum atomic E-state index is -0.508. The van der Waals surface area contributed by atoms with Crippen molar-refractivity contribution in [3.8, 4) is 5.75 Å². The van der Waals surface area contributed by atoms with Crippen LogP contribution in [0.15, 0.2) is 23.6 Å². The number of nitrogens with one attached hydrogen (secondary N) is 2. The highest BCUT2D eigenvalue weighted by molar-refractivity contribution is 7.13. The smallest absolute Gasteiger partial charge is 0.231 e. The van der Waals surface area contributed by atoms with E-state index in [1.54, 1.807) is 23.6 Å². The quantitative estimate of drug-likeness (QED) is 0.821. The summed E-state index contributed by atoms with van der Waals surface area (Å²) in [4.78, 5) is 28.5. The van der Waals surface area contributed by atoms with Gasteiger partial charge >= 0.3 is 0 Å². The van der Waals surface area contributed by atoms with Gasteiger partial charge in [-0.15, -0.1) is 11.3 Å². The van der Waals surface area contributed by atoms with Gasteiger partial charge in [0.1, 0.15) is 5.75 Å². The molecule has 0 unspecified atom stereocenters. The van der Waals surface area contributed by atoms with Gasteiger partial charge in [0.2, 0.25) is 11.8 Å². The molecule has 0 fully saturated rings. The van der Waals surface area contributed by atoms with Crippen LogP contribution in [0, 0.1) is 5.41 Å². The van der Waals surface area contributed by atoms with Crippen LogP contribution in [-0.2, 0) is 16.0 Å². The Balaban J connectivity index is 2.00. The molecule has 0 aliphatic rings. The van der Waals surface area contributed by atoms with E-state index in [1.165, 1.54) is 18.4 Å². The van der Waals surface area contributed by atoms with Crippen LogP contribution in [0.5, 0.6) is 5.75 Å². The van der Waals surface area contributed by atoms with Gasteiger partial charge in [-0.1, -0.05) is 32.4 Å². The van der Waals surface area contributed by atoms with E-state index in [0.29, 0.717) is 27.3 Å². The molecule has 2 N–H and O–H groups in total. The third-order valence-electron chi connectivity index (χ3n) is 3.23. The molecule has 25 heavy (non-hydrogen) atoms. The molecule has 0 aliphatic carbocycles. The number of hydrogen-bond acceptors (Lipinski definition) is 5. The van der Waals surface area contributed by atoms with E-state index >= 15 is 0 Å². The standard InChI is InChI=1S/C17H20ClN3O3S/c1-17(2,3)15(23)21-16-19-11(9-25-16)8-14(22)20-12-7-10(18)5-6-13(12)24-4/h5-7,9H,8H2,1-4H3,(H,20,22)(H,19,21,23). The summed E-state index contributed by atoms with van der Waals surface area (Å²) in [5, 5.41) is 8.22. The number of nitrogens with zero attached hydrogens (tertiary/aromatic N) is 1. The molecule has 0 aliphatic heterocycles. The normalized spacial score (nSPS) is 11.1. The number of carbonyl (C=O) groups excluding carboxylic acids is 2. The van der Waals surface area contributed by atoms with E-state index < -0.39 is 5.41 Å². The molecule has 0 bridgehead atoms. The van der Waals surface area contributed by atoms with Crippen LogP contribution >= 0.6 is 22.9 Å². The van der Waals surface area contributed by atoms with Gasteiger partial charge < -0.3 is 15.4 Å². The van der Waals surface area contributed by atoms with Crippen molar-refractivity contribution in [2.24, 2.45) is 5.41 Å². The van der Waals surface area contributed by atoms with Crippen molar-refractivity contribution in [3.05, 3.63) is 34.3 Å². The molecule has 6 nitrogen and oxygen atoms in total. The second-order valence-electron chi connectivity index (χ2n) is 6.42. The van der Waals surface area contributed by atoms with Crippen LogP contribution in [0.2, 0.25) is 5.02 Å². The fourth-order valence-corrected chi connectivity index (χ4v) is 2.74. The Bertz CT molecular complexity index is 784. The second-order valence-corrected chi connectivity index (χ2v) is 7.71. The number of thiazole rings is 1. The predicted octanol–water partition coefficient (Wildman–Crippen LogP) is 3.97. The fourth-order valence-electron chi connectivity index (χ4n) is 1.87. The summed E-state index contributed by atoms with van der Waals surface area (Å²) in [6.07, 6.45) is 0.0809. The Morgan fingerprint density at radius 1 is 1.28 bits per heavy atom. The number of amides is 2. The lowest BCUT2D eigenvalue weighted by atomic mass is 9.96. The largest absolute Gasteiger partial charge is 0.495 e. The Hall–Kier alpha value is -2.12. The highest BCUT2D eigenvalue weighted by atomic mass is 35.5. The van der Waals surface area contributed by atoms with Crippen molar-refractivity contribution in [2.75, 3.05) is 17.7 Å². The molecule has 1 aromatic heterocycles. The SMILES string of the molecule is COc1ccc(Cl)cc1NC(=O)Cc1csc(NC(=O)C(C)(C)C)n1. The highest BCUT2D eigenvalue weighted by Crippen LogP contribution is 2.28. The molecule has 8 heteroatoms. The number of benzene rings is 1. The summed E-state index contributed by atoms with van der Waals surface area (Å²) in [7, 11) is 1.52. The number of aromatic nitrogens is 1. The minimum absolute atomic E-state index is 0.0809. The van der Waals surface area contributed by atoms with Crippen molar-refractivity contribution in [1.29, 1.82) is 0 Å². The minimum Gasteiger partial charge on any atom is -0.495 e. The third-order valence-corrected chi connectivity index (χ3v) is 4.27. The van der Waals surface area contributed by atoms with Crippen LogP contribution in [0.25, 0.3) is 0 Å². The Labute approximate surface area is 155 Å². The molecular weight excluding hydrogens is 362 g/mol. The molecular formula is C17H20ClN3O3S. The zero-order chi connectivity index (χ0) is 18.6. The number of methoxy groups -OCH3 is 1. The van der Waals surface area contributed by atoms with Crippen LogP contribution in [0.1, 0.15) is 26.5 Å². The van der Waals surface area contributed by atoms with Crippen molar-refractivity contribution >= 4 is 45.6 Å². The lowest BCUT2D eigenvalue weighted by Gasteiger charge is -2.15. The second kappa shape index (κ2) is 7.84. The predicted molar refractivity (Wildman–Crippen MR) is 101 cm³/mol. The Kier molecular flexibility index (Phi) is 6.02. The van der Waals surface area contributed by atoms with Crippen molar-refractivity contribution in [2.45, 2.75) is 27.2 Å². The van der Waals surface area contributed by atoms with Crippen LogP contribution in [0.3, 0.4) is 0 Å². The molecule has 1 aromatic carbocycles. The molecule has 2 amide bonds. The number of rotatable bonds is 5. The average molecular weight is 382 g/mol. The van der Waals surface area contributed by atoms with Gasteiger partial charge in [0.15, 0.2) is 5.13 Å². The Morgan fingerprint density at radius 2 is 2.00 bits per heavy atom. The van der Waals surface area contributed by atoms with Gasteiger partial charge in [-0.2, -0.15) is 0 Å². The summed E-state index contributed by atoms with van der Waals surface area (Å²) < 4.78 is 5.20. The van der Waals surface area contributed by atoms with Crippen LogP contribution in [0.4, 0.5) is 10.8 Å². The molecule has 0 saturated carbocycles. The van der Waals surface area contributed by atoms with E-state index in [0.717, 1.165) is 0 Å². The lowest BCUT2D eigenvalue weighted by Crippen LogP contribution is -2.27. The summed E-state index contributed by atoms with van der Waals surface area (Å²) in [5.74, 6) is 0.148. The first-order valence-electron chi connectivity index (χ1n) is 7.58. The summed E-state index contributed by atoms with van der Waals surface area (Å²) >= 11 is 7.23. The zero-order valence-corrected chi connectivity index (χ0v) is 16.0. The molecule has 134 valence electrons. The van der Waals surface area contributed by atoms with Crippen molar-refractivity contribution in [3.63, 3.8) is 0 Å². The van der Waals surface area contributed by atoms with Gasteiger partial charge in [0.05, 0.1) is 24.9 Å². The van der Waals surface area contributed by atoms with Gasteiger partial charge in [0, 0.05) is 15.8 Å². The highest BCUT2D eigenvalue weighted by Gasteiger charge is 2.22. The monoisotopic (exact) mass is 381 g/mol. The topological polar surface area (TPSA) is 80.3 Å². The summed E-state index contributed by atoms with van der Waals surface area (Å²) in [6.45, 7) is 5.47. The number of hydrogen-bond donors (Lipinski definition) is 2. The van der Waals surface area contributed by atoms with Gasteiger partial charge in [-0.25, -0.2) is 4.98 Å². The zero-order valence-electron chi connectivity index (χ0n) is 14.5. The van der Waals surface area contributed by atoms with Crippen molar-refractivity contribution < 1.29 is 14.3 Å². The third kappa shape index (κ3) is 5.44. The molecule has 2 rings (SSSR count). The fraction of sp³-hybridized carbons (Fsp3) is 0.353. The van der Waals surface area contributed by atoms with Crippen molar-refractivity contribution in [1.82, 2.24) is 4.98 Å². The maximum Gasteiger partial charge on any atom is 0.231 e. The maximum atomic E-state index is 12.2. The van der Waals surface area contributed by atoms with Crippen LogP contribution in [-0.4, -0.2) is 23.9 Å². The van der Waals surface area contributed by atoms with Gasteiger partial charge in [-0.3, -0.25) is 9.59 Å². The number of ether oxygens (including phenoxy) is 1.